The minimum Gasteiger partial charge on any atom is -0.481 e. The van der Waals surface area contributed by atoms with Crippen molar-refractivity contribution in [3.63, 3.8) is 0 Å². The van der Waals surface area contributed by atoms with E-state index in [0.29, 0.717) is 21.6 Å². The predicted molar refractivity (Wildman–Crippen MR) is 187 cm³/mol. The van der Waals surface area contributed by atoms with Gasteiger partial charge in [0.1, 0.15) is 5.54 Å². The van der Waals surface area contributed by atoms with Crippen LogP contribution in [0, 0.1) is 5.53 Å². The molecule has 0 bridgehead atoms. The maximum absolute atomic E-state index is 14.3. The van der Waals surface area contributed by atoms with E-state index in [-0.39, 0.29) is 23.8 Å². The summed E-state index contributed by atoms with van der Waals surface area (Å²) >= 11 is 0. The first kappa shape index (κ1) is 36.7. The Hall–Kier alpha value is -6.54. The molecule has 0 radical (unpaired) electrons. The molecule has 4 aromatic rings. The molecule has 4 aromatic carbocycles. The molecular formula is C38H36N6O8. The van der Waals surface area contributed by atoms with E-state index in [1.54, 1.807) is 30.3 Å². The Morgan fingerprint density at radius 1 is 0.865 bits per heavy atom. The number of hydrogen-bond donors (Lipinski definition) is 3. The molecule has 1 aliphatic rings. The van der Waals surface area contributed by atoms with Crippen LogP contribution in [-0.4, -0.2) is 62.7 Å². The lowest BCUT2D eigenvalue weighted by molar-refractivity contribution is -0.186. The van der Waals surface area contributed by atoms with Crippen LogP contribution in [0.2, 0.25) is 0 Å². The normalized spacial score (nSPS) is 16.6. The van der Waals surface area contributed by atoms with Crippen LogP contribution in [0.1, 0.15) is 37.0 Å². The molecule has 0 saturated carbocycles. The van der Waals surface area contributed by atoms with Gasteiger partial charge in [0.05, 0.1) is 19.0 Å². The van der Waals surface area contributed by atoms with Gasteiger partial charge in [-0.05, 0) is 53.8 Å². The zero-order chi connectivity index (χ0) is 37.6. The zero-order valence-electron chi connectivity index (χ0n) is 28.3. The fraction of sp³-hybridized carbons (Fsp3) is 0.211. The summed E-state index contributed by atoms with van der Waals surface area (Å²) in [5, 5.41) is 12.9. The van der Waals surface area contributed by atoms with Crippen molar-refractivity contribution in [1.29, 1.82) is 5.53 Å². The molecule has 1 saturated heterocycles. The van der Waals surface area contributed by atoms with Gasteiger partial charge in [-0.1, -0.05) is 102 Å². The van der Waals surface area contributed by atoms with Crippen LogP contribution in [0.4, 0.5) is 10.5 Å². The molecular weight excluding hydrogens is 668 g/mol. The molecule has 5 rings (SSSR count). The second-order valence-corrected chi connectivity index (χ2v) is 12.3. The third-order valence-corrected chi connectivity index (χ3v) is 8.76. The molecule has 0 spiro atoms. The Labute approximate surface area is 298 Å². The van der Waals surface area contributed by atoms with Crippen molar-refractivity contribution in [1.82, 2.24) is 9.96 Å². The lowest BCUT2D eigenvalue weighted by atomic mass is 9.89. The Morgan fingerprint density at radius 3 is 1.98 bits per heavy atom. The number of urea groups is 1. The Balaban J connectivity index is 1.51. The number of hydrogen-bond acceptors (Lipinski definition) is 10. The fourth-order valence-electron chi connectivity index (χ4n) is 5.97. The van der Waals surface area contributed by atoms with Gasteiger partial charge in [-0.2, -0.15) is 5.11 Å². The molecule has 0 aliphatic carbocycles. The van der Waals surface area contributed by atoms with Crippen molar-refractivity contribution >= 4 is 41.3 Å². The second kappa shape index (κ2) is 15.6. The highest BCUT2D eigenvalue weighted by atomic mass is 16.7. The number of carboxylic acids is 1. The zero-order valence-corrected chi connectivity index (χ0v) is 28.3. The number of para-hydroxylation sites is 1. The molecule has 4 amide bonds. The Bertz CT molecular complexity index is 1990. The number of benzene rings is 4. The highest BCUT2D eigenvalue weighted by Gasteiger charge is 2.58. The first-order valence-electron chi connectivity index (χ1n) is 16.2. The van der Waals surface area contributed by atoms with Gasteiger partial charge in [0.25, 0.3) is 5.91 Å². The number of Topliss-reactive ketones (excluding diaryl/α,β-unsaturated/α-hetero) is 1. The van der Waals surface area contributed by atoms with Gasteiger partial charge in [-0.15, -0.1) is 0 Å². The van der Waals surface area contributed by atoms with Gasteiger partial charge in [-0.25, -0.2) is 15.1 Å². The summed E-state index contributed by atoms with van der Waals surface area (Å²) in [6, 6.07) is 26.3. The Kier molecular flexibility index (Phi) is 11.0. The molecule has 1 heterocycles. The van der Waals surface area contributed by atoms with Gasteiger partial charge in [0.2, 0.25) is 5.91 Å². The molecule has 4 N–H and O–H groups in total. The van der Waals surface area contributed by atoms with Crippen LogP contribution in [0.3, 0.4) is 0 Å². The van der Waals surface area contributed by atoms with Gasteiger partial charge in [0.15, 0.2) is 11.8 Å². The molecule has 1 aliphatic heterocycles. The highest BCUT2D eigenvalue weighted by Crippen LogP contribution is 2.39. The summed E-state index contributed by atoms with van der Waals surface area (Å²) in [5.74, 6) is -5.77. The molecule has 14 nitrogen and oxygen atoms in total. The predicted octanol–water partition coefficient (Wildman–Crippen LogP) is 4.82. The third-order valence-electron chi connectivity index (χ3n) is 8.76. The summed E-state index contributed by atoms with van der Waals surface area (Å²) in [7, 11) is 0. The average molecular weight is 705 g/mol. The number of nitrogens with two attached hydrogens (primary N) is 1. The maximum Gasteiger partial charge on any atom is 0.363 e. The number of amides is 4. The highest BCUT2D eigenvalue weighted by molar-refractivity contribution is 6.15. The first-order valence-corrected chi connectivity index (χ1v) is 16.2. The van der Waals surface area contributed by atoms with E-state index in [2.05, 4.69) is 5.11 Å². The maximum atomic E-state index is 14.3. The van der Waals surface area contributed by atoms with E-state index in [0.717, 1.165) is 18.1 Å². The lowest BCUT2D eigenvalue weighted by Crippen LogP contribution is -2.56. The Morgan fingerprint density at radius 2 is 1.42 bits per heavy atom. The van der Waals surface area contributed by atoms with Crippen molar-refractivity contribution in [3.05, 3.63) is 126 Å². The standard InChI is InChI=1S/C38H36N6O8/c1-24(45)33(43(30-11-7-4-8-12-30)34(48)31(39)21-32(46)47)35(49)52-44-36(50)38(2,29-19-15-25(16-20-29)22-41-40)42(37(44)51)23-26-13-17-28(18-14-26)27-9-5-3-6-10-27/h3-20,31,33,40H,21-23,39H2,1-2H3,(H,46,47)/t31-,33-,38+/m0/s1. The van der Waals surface area contributed by atoms with Crippen molar-refractivity contribution in [2.75, 3.05) is 4.90 Å². The number of nitrogens with zero attached hydrogens (tertiary/aromatic N) is 4. The van der Waals surface area contributed by atoms with Crippen molar-refractivity contribution < 1.29 is 38.7 Å². The summed E-state index contributed by atoms with van der Waals surface area (Å²) in [6.45, 7) is 2.51. The van der Waals surface area contributed by atoms with E-state index in [1.165, 1.54) is 36.1 Å². The van der Waals surface area contributed by atoms with Crippen LogP contribution >= 0.6 is 0 Å². The van der Waals surface area contributed by atoms with Crippen molar-refractivity contribution in [2.24, 2.45) is 10.8 Å². The number of rotatable bonds is 14. The lowest BCUT2D eigenvalue weighted by Gasteiger charge is -2.32. The fourth-order valence-corrected chi connectivity index (χ4v) is 5.97. The monoisotopic (exact) mass is 704 g/mol. The number of nitrogens with one attached hydrogen (secondary N) is 1. The number of ketones is 1. The largest absolute Gasteiger partial charge is 0.481 e. The third kappa shape index (κ3) is 7.46. The number of hydroxylamine groups is 2. The van der Waals surface area contributed by atoms with E-state index >= 15 is 0 Å². The number of anilines is 1. The molecule has 0 aromatic heterocycles. The van der Waals surface area contributed by atoms with E-state index in [4.69, 9.17) is 16.1 Å². The summed E-state index contributed by atoms with van der Waals surface area (Å²) < 4.78 is 0. The second-order valence-electron chi connectivity index (χ2n) is 12.3. The minimum absolute atomic E-state index is 0.0227. The smallest absolute Gasteiger partial charge is 0.363 e. The van der Waals surface area contributed by atoms with E-state index < -0.39 is 59.6 Å². The quantitative estimate of drug-likeness (QED) is 0.0934. The average Bonchev–Trinajstić information content (AvgIpc) is 3.31. The molecule has 14 heteroatoms. The van der Waals surface area contributed by atoms with E-state index in [9.17, 15) is 33.9 Å². The molecule has 3 atom stereocenters. The van der Waals surface area contributed by atoms with Crippen LogP contribution in [0.25, 0.3) is 11.1 Å². The SMILES string of the molecule is CC(=O)[C@@H](C(=O)ON1C(=O)N(Cc2ccc(-c3ccccc3)cc2)[C@](C)(c2ccc(CN=N)cc2)C1=O)N(C(=O)[C@@H](N)CC(=O)O)c1ccccc1. The number of imide groups is 1. The van der Waals surface area contributed by atoms with Gasteiger partial charge < -0.3 is 15.7 Å². The number of carbonyl (C=O) groups excluding carboxylic acids is 5. The summed E-state index contributed by atoms with van der Waals surface area (Å²) in [5.41, 5.74) is 15.0. The summed E-state index contributed by atoms with van der Waals surface area (Å²) in [4.78, 5) is 87.8. The molecule has 1 fully saturated rings. The van der Waals surface area contributed by atoms with Crippen molar-refractivity contribution in [3.8, 4) is 11.1 Å². The van der Waals surface area contributed by atoms with Crippen LogP contribution in [-0.2, 0) is 47.4 Å². The molecule has 52 heavy (non-hydrogen) atoms. The number of aliphatic carboxylic acids is 1. The van der Waals surface area contributed by atoms with Crippen molar-refractivity contribution in [2.45, 2.75) is 51.0 Å². The van der Waals surface area contributed by atoms with Crippen LogP contribution in [0.15, 0.2) is 114 Å². The summed E-state index contributed by atoms with van der Waals surface area (Å²) in [6.07, 6.45) is -0.806. The topological polar surface area (TPSA) is 204 Å². The van der Waals surface area contributed by atoms with Gasteiger partial charge >= 0.3 is 18.0 Å². The first-order chi connectivity index (χ1) is 24.9. The minimum atomic E-state index is -2.05. The molecule has 266 valence electrons. The van der Waals surface area contributed by atoms with E-state index in [1.807, 2.05) is 54.6 Å². The number of carbonyl (C=O) groups is 6. The van der Waals surface area contributed by atoms with Gasteiger partial charge in [-0.3, -0.25) is 29.0 Å². The molecule has 0 unspecified atom stereocenters. The van der Waals surface area contributed by atoms with Crippen LogP contribution in [0.5, 0.6) is 0 Å². The number of carboxylic acid groups (broad SMARTS) is 1. The van der Waals surface area contributed by atoms with Crippen LogP contribution < -0.4 is 10.6 Å². The van der Waals surface area contributed by atoms with Gasteiger partial charge in [0, 0.05) is 12.2 Å².